The molecule has 3 rings (SSSR count). The molecule has 0 saturated carbocycles. The number of rotatable bonds is 8. The van der Waals surface area contributed by atoms with Crippen LogP contribution < -0.4 is 4.74 Å². The van der Waals surface area contributed by atoms with Crippen LogP contribution in [-0.4, -0.2) is 21.9 Å². The van der Waals surface area contributed by atoms with Crippen molar-refractivity contribution in [1.82, 2.24) is 14.8 Å². The summed E-state index contributed by atoms with van der Waals surface area (Å²) in [6, 6.07) is 12.3. The van der Waals surface area contributed by atoms with E-state index in [2.05, 4.69) is 16.8 Å². The molecule has 0 N–H and O–H groups in total. The van der Waals surface area contributed by atoms with E-state index >= 15 is 0 Å². The van der Waals surface area contributed by atoms with Crippen LogP contribution in [0.15, 0.2) is 60.3 Å². The molecule has 0 spiro atoms. The van der Waals surface area contributed by atoms with Gasteiger partial charge < -0.3 is 9.30 Å². The second-order valence-electron chi connectivity index (χ2n) is 5.85. The van der Waals surface area contributed by atoms with Gasteiger partial charge in [0.25, 0.3) is 0 Å². The summed E-state index contributed by atoms with van der Waals surface area (Å²) in [4.78, 5) is 0. The van der Waals surface area contributed by atoms with E-state index in [-0.39, 0.29) is 5.82 Å². The number of aromatic nitrogens is 3. The van der Waals surface area contributed by atoms with Gasteiger partial charge in [0.15, 0.2) is 5.16 Å². The van der Waals surface area contributed by atoms with Crippen LogP contribution in [0.1, 0.15) is 17.0 Å². The fourth-order valence-electron chi connectivity index (χ4n) is 2.58. The molecule has 0 atom stereocenters. The maximum atomic E-state index is 13.2. The molecule has 0 aliphatic heterocycles. The first kappa shape index (κ1) is 19.5. The van der Waals surface area contributed by atoms with E-state index in [1.165, 1.54) is 23.9 Å². The molecule has 0 radical (unpaired) electrons. The van der Waals surface area contributed by atoms with Gasteiger partial charge in [-0.15, -0.1) is 16.8 Å². The summed E-state index contributed by atoms with van der Waals surface area (Å²) in [6.07, 6.45) is 2.47. The summed E-state index contributed by atoms with van der Waals surface area (Å²) in [5.41, 5.74) is 1.97. The zero-order valence-corrected chi connectivity index (χ0v) is 16.4. The van der Waals surface area contributed by atoms with Crippen LogP contribution in [0.5, 0.6) is 5.75 Å². The van der Waals surface area contributed by atoms with Crippen molar-refractivity contribution in [2.45, 2.75) is 23.9 Å². The maximum absolute atomic E-state index is 13.2. The molecule has 27 heavy (non-hydrogen) atoms. The van der Waals surface area contributed by atoms with Crippen molar-refractivity contribution in [1.29, 1.82) is 0 Å². The van der Waals surface area contributed by atoms with Crippen molar-refractivity contribution in [2.24, 2.45) is 0 Å². The van der Waals surface area contributed by atoms with Crippen molar-refractivity contribution in [3.63, 3.8) is 0 Å². The zero-order chi connectivity index (χ0) is 19.2. The lowest BCUT2D eigenvalue weighted by Gasteiger charge is -2.09. The molecule has 0 amide bonds. The van der Waals surface area contributed by atoms with Gasteiger partial charge in [0.1, 0.15) is 17.4 Å². The van der Waals surface area contributed by atoms with E-state index in [4.69, 9.17) is 16.3 Å². The molecule has 0 aliphatic rings. The van der Waals surface area contributed by atoms with Gasteiger partial charge in [-0.05, 0) is 35.4 Å². The van der Waals surface area contributed by atoms with Crippen LogP contribution in [0.4, 0.5) is 4.39 Å². The average Bonchev–Trinajstić information content (AvgIpc) is 3.04. The normalized spacial score (nSPS) is 10.8. The quantitative estimate of drug-likeness (QED) is 0.385. The highest BCUT2D eigenvalue weighted by Crippen LogP contribution is 2.27. The summed E-state index contributed by atoms with van der Waals surface area (Å²) in [6.45, 7) is 4.43. The summed E-state index contributed by atoms with van der Waals surface area (Å²) in [5, 5.41) is 9.84. The molecule has 2 aromatic carbocycles. The second kappa shape index (κ2) is 9.06. The highest BCUT2D eigenvalue weighted by atomic mass is 35.5. The van der Waals surface area contributed by atoms with Crippen molar-refractivity contribution >= 4 is 23.4 Å². The highest BCUT2D eigenvalue weighted by molar-refractivity contribution is 7.98. The average molecular weight is 404 g/mol. The van der Waals surface area contributed by atoms with Gasteiger partial charge in [-0.25, -0.2) is 4.39 Å². The van der Waals surface area contributed by atoms with Gasteiger partial charge in [-0.3, -0.25) is 0 Å². The van der Waals surface area contributed by atoms with Crippen molar-refractivity contribution < 1.29 is 9.13 Å². The molecule has 3 aromatic rings. The van der Waals surface area contributed by atoms with E-state index in [0.29, 0.717) is 23.7 Å². The van der Waals surface area contributed by atoms with Gasteiger partial charge in [0.05, 0.1) is 7.11 Å². The topological polar surface area (TPSA) is 39.9 Å². The van der Waals surface area contributed by atoms with Crippen LogP contribution in [0.2, 0.25) is 5.02 Å². The zero-order valence-electron chi connectivity index (χ0n) is 14.9. The minimum Gasteiger partial charge on any atom is -0.497 e. The van der Waals surface area contributed by atoms with Gasteiger partial charge in [0.2, 0.25) is 0 Å². The standard InChI is InChI=1S/C20H19ClFN3OS/c1-3-10-25-19(11-14-4-8-17(26-2)9-5-14)23-24-20(25)27-13-15-6-7-16(22)12-18(15)21/h3-9,12H,1,10-11,13H2,2H3. The molecular weight excluding hydrogens is 385 g/mol. The Bertz CT molecular complexity index is 927. The lowest BCUT2D eigenvalue weighted by molar-refractivity contribution is 0.414. The molecule has 0 saturated heterocycles. The number of methoxy groups -OCH3 is 1. The van der Waals surface area contributed by atoms with E-state index in [0.717, 1.165) is 27.9 Å². The Kier molecular flexibility index (Phi) is 6.53. The lowest BCUT2D eigenvalue weighted by Crippen LogP contribution is -2.05. The van der Waals surface area contributed by atoms with Crippen molar-refractivity contribution in [3.05, 3.63) is 82.9 Å². The first-order chi connectivity index (χ1) is 13.1. The van der Waals surface area contributed by atoms with Crippen LogP contribution in [-0.2, 0) is 18.7 Å². The smallest absolute Gasteiger partial charge is 0.191 e. The summed E-state index contributed by atoms with van der Waals surface area (Å²) < 4.78 is 20.4. The Balaban J connectivity index is 1.76. The van der Waals surface area contributed by atoms with Gasteiger partial charge >= 0.3 is 0 Å². The van der Waals surface area contributed by atoms with Crippen LogP contribution in [0, 0.1) is 5.82 Å². The SMILES string of the molecule is C=CCn1c(Cc2ccc(OC)cc2)nnc1SCc1ccc(F)cc1Cl. The first-order valence-corrected chi connectivity index (χ1v) is 9.69. The largest absolute Gasteiger partial charge is 0.497 e. The predicted molar refractivity (Wildman–Crippen MR) is 107 cm³/mol. The Morgan fingerprint density at radius 3 is 2.67 bits per heavy atom. The van der Waals surface area contributed by atoms with Gasteiger partial charge in [0, 0.05) is 23.7 Å². The van der Waals surface area contributed by atoms with E-state index < -0.39 is 0 Å². The Morgan fingerprint density at radius 2 is 2.00 bits per heavy atom. The number of nitrogens with zero attached hydrogens (tertiary/aromatic N) is 3. The minimum absolute atomic E-state index is 0.342. The number of benzene rings is 2. The number of ether oxygens (including phenoxy) is 1. The fourth-order valence-corrected chi connectivity index (χ4v) is 3.86. The second-order valence-corrected chi connectivity index (χ2v) is 7.20. The van der Waals surface area contributed by atoms with E-state index in [9.17, 15) is 4.39 Å². The molecule has 1 heterocycles. The number of hydrogen-bond donors (Lipinski definition) is 0. The molecular formula is C20H19ClFN3OS. The van der Waals surface area contributed by atoms with Crippen LogP contribution in [0.25, 0.3) is 0 Å². The fraction of sp³-hybridized carbons (Fsp3) is 0.200. The van der Waals surface area contributed by atoms with Gasteiger partial charge in [-0.1, -0.05) is 47.6 Å². The summed E-state index contributed by atoms with van der Waals surface area (Å²) >= 11 is 7.62. The Labute approximate surface area is 167 Å². The summed E-state index contributed by atoms with van der Waals surface area (Å²) in [5.74, 6) is 1.91. The third-order valence-electron chi connectivity index (χ3n) is 4.00. The molecule has 0 bridgehead atoms. The maximum Gasteiger partial charge on any atom is 0.191 e. The van der Waals surface area contributed by atoms with E-state index in [1.54, 1.807) is 13.2 Å². The third kappa shape index (κ3) is 4.90. The van der Waals surface area contributed by atoms with Crippen LogP contribution in [0.3, 0.4) is 0 Å². The van der Waals surface area contributed by atoms with Crippen LogP contribution >= 0.6 is 23.4 Å². The molecule has 7 heteroatoms. The molecule has 140 valence electrons. The lowest BCUT2D eigenvalue weighted by atomic mass is 10.1. The summed E-state index contributed by atoms with van der Waals surface area (Å²) in [7, 11) is 1.65. The molecule has 4 nitrogen and oxygen atoms in total. The van der Waals surface area contributed by atoms with E-state index in [1.807, 2.05) is 34.9 Å². The van der Waals surface area contributed by atoms with Crippen molar-refractivity contribution in [3.8, 4) is 5.75 Å². The molecule has 0 fully saturated rings. The molecule has 1 aromatic heterocycles. The predicted octanol–water partition coefficient (Wildman–Crippen LogP) is 5.15. The van der Waals surface area contributed by atoms with Gasteiger partial charge in [-0.2, -0.15) is 0 Å². The number of allylic oxidation sites excluding steroid dienone is 1. The van der Waals surface area contributed by atoms with Crippen molar-refractivity contribution in [2.75, 3.05) is 7.11 Å². The highest BCUT2D eigenvalue weighted by Gasteiger charge is 2.13. The monoisotopic (exact) mass is 403 g/mol. The Morgan fingerprint density at radius 1 is 1.22 bits per heavy atom. The number of hydrogen-bond acceptors (Lipinski definition) is 4. The molecule has 0 aliphatic carbocycles. The Hall–Kier alpha value is -2.31. The minimum atomic E-state index is -0.342. The number of halogens is 2. The molecule has 0 unspecified atom stereocenters. The number of thioether (sulfide) groups is 1. The first-order valence-electron chi connectivity index (χ1n) is 8.33. The third-order valence-corrected chi connectivity index (χ3v) is 5.37.